The first kappa shape index (κ1) is 15.3. The minimum absolute atomic E-state index is 0.101. The van der Waals surface area contributed by atoms with Crippen molar-refractivity contribution in [1.82, 2.24) is 9.62 Å². The van der Waals surface area contributed by atoms with Gasteiger partial charge >= 0.3 is 0 Å². The Kier molecular flexibility index (Phi) is 5.01. The molecule has 1 fully saturated rings. The predicted molar refractivity (Wildman–Crippen MR) is 77.9 cm³/mol. The van der Waals surface area contributed by atoms with Crippen molar-refractivity contribution in [2.24, 2.45) is 0 Å². The van der Waals surface area contributed by atoms with E-state index in [-0.39, 0.29) is 18.2 Å². The highest BCUT2D eigenvalue weighted by Gasteiger charge is 2.27. The van der Waals surface area contributed by atoms with Crippen molar-refractivity contribution >= 4 is 27.5 Å². The van der Waals surface area contributed by atoms with Crippen LogP contribution in [-0.2, 0) is 21.4 Å². The molecule has 1 aromatic rings. The van der Waals surface area contributed by atoms with Crippen LogP contribution in [0.2, 0.25) is 5.02 Å². The van der Waals surface area contributed by atoms with Crippen LogP contribution in [0.25, 0.3) is 0 Å². The highest BCUT2D eigenvalue weighted by Crippen LogP contribution is 2.13. The summed E-state index contributed by atoms with van der Waals surface area (Å²) < 4.78 is 24.8. The maximum atomic E-state index is 11.8. The molecule has 1 aromatic carbocycles. The number of carbonyl (C=O) groups is 1. The molecule has 5 nitrogen and oxygen atoms in total. The van der Waals surface area contributed by atoms with E-state index in [4.69, 9.17) is 11.6 Å². The second-order valence-electron chi connectivity index (χ2n) is 4.76. The summed E-state index contributed by atoms with van der Waals surface area (Å²) in [6.45, 7) is 0.691. The number of nitrogens with zero attached hydrogens (tertiary/aromatic N) is 1. The van der Waals surface area contributed by atoms with Gasteiger partial charge in [-0.2, -0.15) is 4.31 Å². The van der Waals surface area contributed by atoms with Crippen molar-refractivity contribution in [2.75, 3.05) is 18.8 Å². The predicted octanol–water partition coefficient (Wildman–Crippen LogP) is 1.38. The lowest BCUT2D eigenvalue weighted by atomic mass is 10.2. The Morgan fingerprint density at radius 3 is 2.60 bits per heavy atom. The van der Waals surface area contributed by atoms with Gasteiger partial charge in [0.15, 0.2) is 0 Å². The fraction of sp³-hybridized carbons (Fsp3) is 0.462. The van der Waals surface area contributed by atoms with Gasteiger partial charge in [-0.1, -0.05) is 23.7 Å². The lowest BCUT2D eigenvalue weighted by molar-refractivity contribution is -0.121. The van der Waals surface area contributed by atoms with Gasteiger partial charge in [-0.05, 0) is 30.5 Å². The van der Waals surface area contributed by atoms with E-state index in [1.54, 1.807) is 12.1 Å². The largest absolute Gasteiger partial charge is 0.351 e. The molecule has 0 aliphatic carbocycles. The molecule has 1 aliphatic rings. The Labute approximate surface area is 124 Å². The Morgan fingerprint density at radius 2 is 1.95 bits per heavy atom. The lowest BCUT2D eigenvalue weighted by Crippen LogP contribution is -2.44. The van der Waals surface area contributed by atoms with Gasteiger partial charge in [0.25, 0.3) is 0 Å². The Bertz CT molecular complexity index is 572. The zero-order valence-electron chi connectivity index (χ0n) is 11.0. The van der Waals surface area contributed by atoms with Crippen LogP contribution in [0.5, 0.6) is 0 Å². The van der Waals surface area contributed by atoms with E-state index in [1.165, 1.54) is 4.31 Å². The van der Waals surface area contributed by atoms with Crippen molar-refractivity contribution in [3.8, 4) is 0 Å². The summed E-state index contributed by atoms with van der Waals surface area (Å²) in [6, 6.07) is 7.14. The SMILES string of the molecule is O=C(CN1CCCCS1(=O)=O)NCc1ccc(Cl)cc1. The first-order valence-electron chi connectivity index (χ1n) is 6.46. The smallest absolute Gasteiger partial charge is 0.235 e. The normalized spacial score (nSPS) is 18.6. The van der Waals surface area contributed by atoms with Crippen molar-refractivity contribution in [2.45, 2.75) is 19.4 Å². The minimum Gasteiger partial charge on any atom is -0.351 e. The summed E-state index contributed by atoms with van der Waals surface area (Å²) in [5.41, 5.74) is 0.921. The number of amides is 1. The van der Waals surface area contributed by atoms with Crippen LogP contribution >= 0.6 is 11.6 Å². The molecule has 0 radical (unpaired) electrons. The molecule has 2 rings (SSSR count). The number of rotatable bonds is 4. The Hall–Kier alpha value is -1.11. The van der Waals surface area contributed by atoms with Crippen molar-refractivity contribution in [1.29, 1.82) is 0 Å². The molecule has 0 aromatic heterocycles. The van der Waals surface area contributed by atoms with Gasteiger partial charge < -0.3 is 5.32 Å². The van der Waals surface area contributed by atoms with E-state index in [1.807, 2.05) is 12.1 Å². The molecular weight excluding hydrogens is 300 g/mol. The number of hydrogen-bond donors (Lipinski definition) is 1. The van der Waals surface area contributed by atoms with Crippen LogP contribution in [0.1, 0.15) is 18.4 Å². The molecule has 0 atom stereocenters. The highest BCUT2D eigenvalue weighted by molar-refractivity contribution is 7.89. The average Bonchev–Trinajstić information content (AvgIpc) is 2.40. The minimum atomic E-state index is -3.25. The van der Waals surface area contributed by atoms with E-state index in [0.29, 0.717) is 24.5 Å². The Morgan fingerprint density at radius 1 is 1.25 bits per heavy atom. The monoisotopic (exact) mass is 316 g/mol. The summed E-state index contributed by atoms with van der Waals surface area (Å²) in [5, 5.41) is 3.35. The third-order valence-corrected chi connectivity index (χ3v) is 5.33. The molecule has 1 saturated heterocycles. The van der Waals surface area contributed by atoms with Crippen LogP contribution in [0.15, 0.2) is 24.3 Å². The van der Waals surface area contributed by atoms with Crippen LogP contribution in [0.3, 0.4) is 0 Å². The van der Waals surface area contributed by atoms with Gasteiger partial charge in [0.05, 0.1) is 12.3 Å². The van der Waals surface area contributed by atoms with Gasteiger partial charge in [0.2, 0.25) is 15.9 Å². The average molecular weight is 317 g/mol. The number of carbonyl (C=O) groups excluding carboxylic acids is 1. The van der Waals surface area contributed by atoms with Crippen LogP contribution in [0.4, 0.5) is 0 Å². The molecule has 0 spiro atoms. The quantitative estimate of drug-likeness (QED) is 0.912. The van der Waals surface area contributed by atoms with Crippen LogP contribution < -0.4 is 5.32 Å². The molecule has 20 heavy (non-hydrogen) atoms. The number of halogens is 1. The molecule has 0 unspecified atom stereocenters. The maximum absolute atomic E-state index is 11.8. The zero-order valence-corrected chi connectivity index (χ0v) is 12.6. The van der Waals surface area contributed by atoms with E-state index in [9.17, 15) is 13.2 Å². The molecule has 0 bridgehead atoms. The van der Waals surface area contributed by atoms with Gasteiger partial charge in [-0.25, -0.2) is 8.42 Å². The third kappa shape index (κ3) is 4.19. The molecule has 1 heterocycles. The van der Waals surface area contributed by atoms with E-state index >= 15 is 0 Å². The van der Waals surface area contributed by atoms with Crippen molar-refractivity contribution in [3.05, 3.63) is 34.9 Å². The van der Waals surface area contributed by atoms with E-state index < -0.39 is 10.0 Å². The summed E-state index contributed by atoms with van der Waals surface area (Å²) in [7, 11) is -3.25. The van der Waals surface area contributed by atoms with E-state index in [0.717, 1.165) is 12.0 Å². The zero-order chi connectivity index (χ0) is 14.6. The van der Waals surface area contributed by atoms with Gasteiger partial charge in [-0.3, -0.25) is 4.79 Å². The summed E-state index contributed by atoms with van der Waals surface area (Å²) >= 11 is 5.77. The first-order valence-corrected chi connectivity index (χ1v) is 8.45. The van der Waals surface area contributed by atoms with Crippen molar-refractivity contribution < 1.29 is 13.2 Å². The fourth-order valence-electron chi connectivity index (χ4n) is 2.04. The molecule has 7 heteroatoms. The second kappa shape index (κ2) is 6.56. The van der Waals surface area contributed by atoms with Gasteiger partial charge in [-0.15, -0.1) is 0 Å². The van der Waals surface area contributed by atoms with Crippen LogP contribution in [-0.4, -0.2) is 37.5 Å². The second-order valence-corrected chi connectivity index (χ2v) is 7.28. The summed E-state index contributed by atoms with van der Waals surface area (Å²) in [4.78, 5) is 11.8. The van der Waals surface area contributed by atoms with E-state index in [2.05, 4.69) is 5.32 Å². The Balaban J connectivity index is 1.85. The first-order chi connectivity index (χ1) is 9.47. The van der Waals surface area contributed by atoms with Gasteiger partial charge in [0, 0.05) is 18.1 Å². The standard InChI is InChI=1S/C13H17ClN2O3S/c14-12-5-3-11(4-6-12)9-15-13(17)10-16-7-1-2-8-20(16,18)19/h3-6H,1-2,7-10H2,(H,15,17). The summed E-state index contributed by atoms with van der Waals surface area (Å²) in [6.07, 6.45) is 1.48. The number of sulfonamides is 1. The number of hydrogen-bond acceptors (Lipinski definition) is 3. The molecular formula is C13H17ClN2O3S. The number of nitrogens with one attached hydrogen (secondary N) is 1. The van der Waals surface area contributed by atoms with Gasteiger partial charge in [0.1, 0.15) is 0 Å². The molecule has 1 N–H and O–H groups in total. The molecule has 110 valence electrons. The fourth-order valence-corrected chi connectivity index (χ4v) is 3.71. The molecule has 1 amide bonds. The molecule has 0 saturated carbocycles. The topological polar surface area (TPSA) is 66.5 Å². The third-order valence-electron chi connectivity index (χ3n) is 3.18. The lowest BCUT2D eigenvalue weighted by Gasteiger charge is -2.25. The molecule has 1 aliphatic heterocycles. The highest BCUT2D eigenvalue weighted by atomic mass is 35.5. The number of benzene rings is 1. The summed E-state index contributed by atoms with van der Waals surface area (Å²) in [5.74, 6) is -0.150. The van der Waals surface area contributed by atoms with Crippen LogP contribution in [0, 0.1) is 0 Å². The maximum Gasteiger partial charge on any atom is 0.235 e. The van der Waals surface area contributed by atoms with Crippen molar-refractivity contribution in [3.63, 3.8) is 0 Å².